The molecule has 1 aromatic heterocycles. The van der Waals surface area contributed by atoms with E-state index in [9.17, 15) is 18.0 Å². The number of para-hydroxylation sites is 1. The molecule has 0 spiro atoms. The standard InChI is InChI=1S/C23H29N3O4S2/c27-22(17-12-14-26(15-13-17)32(29,30)21-11-6-16-31-21)25-20-10-5-4-9-19(20)23(28)24-18-7-2-1-3-8-18/h4-6,9-11,16-18H,1-3,7-8,12-15H2,(H,24,28)(H,25,27). The van der Waals surface area contributed by atoms with Gasteiger partial charge in [-0.2, -0.15) is 4.31 Å². The molecule has 2 N–H and O–H groups in total. The van der Waals surface area contributed by atoms with Crippen LogP contribution in [0, 0.1) is 5.92 Å². The summed E-state index contributed by atoms with van der Waals surface area (Å²) >= 11 is 1.20. The first kappa shape index (κ1) is 22.9. The van der Waals surface area contributed by atoms with Crippen molar-refractivity contribution in [3.8, 4) is 0 Å². The van der Waals surface area contributed by atoms with Crippen molar-refractivity contribution in [3.63, 3.8) is 0 Å². The summed E-state index contributed by atoms with van der Waals surface area (Å²) in [5.74, 6) is -0.625. The minimum atomic E-state index is -3.49. The number of anilines is 1. The SMILES string of the molecule is O=C(NC1CCCCC1)c1ccccc1NC(=O)C1CCN(S(=O)(=O)c2cccs2)CC1. The van der Waals surface area contributed by atoms with Crippen LogP contribution in [0.3, 0.4) is 0 Å². The van der Waals surface area contributed by atoms with E-state index < -0.39 is 10.0 Å². The summed E-state index contributed by atoms with van der Waals surface area (Å²) in [6.45, 7) is 0.615. The van der Waals surface area contributed by atoms with Gasteiger partial charge in [0.15, 0.2) is 0 Å². The Balaban J connectivity index is 1.36. The molecular weight excluding hydrogens is 446 g/mol. The lowest BCUT2D eigenvalue weighted by Gasteiger charge is -2.30. The van der Waals surface area contributed by atoms with Crippen LogP contribution in [0.1, 0.15) is 55.3 Å². The van der Waals surface area contributed by atoms with E-state index in [2.05, 4.69) is 10.6 Å². The number of benzene rings is 1. The van der Waals surface area contributed by atoms with Crippen LogP contribution in [0.5, 0.6) is 0 Å². The zero-order valence-electron chi connectivity index (χ0n) is 18.0. The van der Waals surface area contributed by atoms with Crippen LogP contribution in [0.15, 0.2) is 46.0 Å². The molecule has 4 rings (SSSR count). The summed E-state index contributed by atoms with van der Waals surface area (Å²) in [5.41, 5.74) is 0.962. The number of nitrogens with one attached hydrogen (secondary N) is 2. The second-order valence-electron chi connectivity index (χ2n) is 8.45. The molecule has 1 saturated heterocycles. The summed E-state index contributed by atoms with van der Waals surface area (Å²) in [6.07, 6.45) is 6.36. The number of nitrogens with zero attached hydrogens (tertiary/aromatic N) is 1. The highest BCUT2D eigenvalue weighted by Crippen LogP contribution is 2.27. The highest BCUT2D eigenvalue weighted by atomic mass is 32.2. The van der Waals surface area contributed by atoms with E-state index in [-0.39, 0.29) is 23.8 Å². The summed E-state index contributed by atoms with van der Waals surface area (Å²) < 4.78 is 27.2. The Labute approximate surface area is 193 Å². The highest BCUT2D eigenvalue weighted by Gasteiger charge is 2.33. The van der Waals surface area contributed by atoms with Gasteiger partial charge in [-0.05, 0) is 49.3 Å². The molecule has 2 fully saturated rings. The predicted octanol–water partition coefficient (Wildman–Crippen LogP) is 3.85. The molecule has 1 aliphatic heterocycles. The van der Waals surface area contributed by atoms with Crippen molar-refractivity contribution in [1.29, 1.82) is 0 Å². The van der Waals surface area contributed by atoms with E-state index >= 15 is 0 Å². The molecule has 2 aliphatic rings. The van der Waals surface area contributed by atoms with Crippen molar-refractivity contribution >= 4 is 38.9 Å². The number of piperidine rings is 1. The van der Waals surface area contributed by atoms with E-state index in [4.69, 9.17) is 0 Å². The molecule has 7 nitrogen and oxygen atoms in total. The Kier molecular flexibility index (Phi) is 7.27. The number of rotatable bonds is 6. The first-order valence-electron chi connectivity index (χ1n) is 11.2. The molecule has 2 heterocycles. The Morgan fingerprint density at radius 1 is 0.938 bits per heavy atom. The third-order valence-electron chi connectivity index (χ3n) is 6.28. The van der Waals surface area contributed by atoms with Crippen molar-refractivity contribution in [2.24, 2.45) is 5.92 Å². The molecular formula is C23H29N3O4S2. The van der Waals surface area contributed by atoms with Crippen LogP contribution in [-0.4, -0.2) is 43.7 Å². The molecule has 0 atom stereocenters. The van der Waals surface area contributed by atoms with Gasteiger partial charge in [0.05, 0.1) is 11.3 Å². The van der Waals surface area contributed by atoms with Crippen LogP contribution in [0.25, 0.3) is 0 Å². The molecule has 0 unspecified atom stereocenters. The Morgan fingerprint density at radius 2 is 1.66 bits per heavy atom. The number of sulfonamides is 1. The van der Waals surface area contributed by atoms with E-state index in [1.807, 2.05) is 0 Å². The molecule has 172 valence electrons. The lowest BCUT2D eigenvalue weighted by Crippen LogP contribution is -2.41. The second-order valence-corrected chi connectivity index (χ2v) is 11.6. The quantitative estimate of drug-likeness (QED) is 0.663. The molecule has 2 amide bonds. The Hall–Kier alpha value is -2.23. The maximum Gasteiger partial charge on any atom is 0.253 e. The van der Waals surface area contributed by atoms with Crippen LogP contribution >= 0.6 is 11.3 Å². The van der Waals surface area contributed by atoms with E-state index in [0.29, 0.717) is 41.4 Å². The zero-order valence-corrected chi connectivity index (χ0v) is 19.6. The van der Waals surface area contributed by atoms with Gasteiger partial charge in [-0.15, -0.1) is 11.3 Å². The molecule has 0 bridgehead atoms. The van der Waals surface area contributed by atoms with Gasteiger partial charge in [0, 0.05) is 25.0 Å². The summed E-state index contributed by atoms with van der Waals surface area (Å²) in [6, 6.07) is 10.6. The van der Waals surface area contributed by atoms with Crippen molar-refractivity contribution < 1.29 is 18.0 Å². The second kappa shape index (κ2) is 10.1. The number of amides is 2. The molecule has 0 radical (unpaired) electrons. The predicted molar refractivity (Wildman–Crippen MR) is 125 cm³/mol. The molecule has 9 heteroatoms. The zero-order chi connectivity index (χ0) is 22.6. The van der Waals surface area contributed by atoms with E-state index in [0.717, 1.165) is 25.7 Å². The molecule has 32 heavy (non-hydrogen) atoms. The fourth-order valence-corrected chi connectivity index (χ4v) is 7.05. The first-order chi connectivity index (χ1) is 15.4. The van der Waals surface area contributed by atoms with Gasteiger partial charge in [0.25, 0.3) is 15.9 Å². The molecule has 2 aromatic rings. The van der Waals surface area contributed by atoms with Crippen LogP contribution in [0.2, 0.25) is 0 Å². The van der Waals surface area contributed by atoms with Gasteiger partial charge in [0.1, 0.15) is 4.21 Å². The molecule has 1 aliphatic carbocycles. The van der Waals surface area contributed by atoms with Crippen molar-refractivity contribution in [3.05, 3.63) is 47.3 Å². The third-order valence-corrected chi connectivity index (χ3v) is 9.56. The molecule has 1 aromatic carbocycles. The summed E-state index contributed by atoms with van der Waals surface area (Å²) in [7, 11) is -3.49. The number of hydrogen-bond acceptors (Lipinski definition) is 5. The first-order valence-corrected chi connectivity index (χ1v) is 13.5. The smallest absolute Gasteiger partial charge is 0.253 e. The fraction of sp³-hybridized carbons (Fsp3) is 0.478. The van der Waals surface area contributed by atoms with Gasteiger partial charge in [0.2, 0.25) is 5.91 Å². The minimum absolute atomic E-state index is 0.162. The molecule has 1 saturated carbocycles. The van der Waals surface area contributed by atoms with Gasteiger partial charge >= 0.3 is 0 Å². The lowest BCUT2D eigenvalue weighted by atomic mass is 9.95. The number of carbonyl (C=O) groups excluding carboxylic acids is 2. The fourth-order valence-electron chi connectivity index (χ4n) is 4.43. The van der Waals surface area contributed by atoms with Crippen molar-refractivity contribution in [2.75, 3.05) is 18.4 Å². The topological polar surface area (TPSA) is 95.6 Å². The van der Waals surface area contributed by atoms with Gasteiger partial charge in [-0.1, -0.05) is 37.5 Å². The maximum absolute atomic E-state index is 12.9. The van der Waals surface area contributed by atoms with Crippen LogP contribution < -0.4 is 10.6 Å². The summed E-state index contributed by atoms with van der Waals surface area (Å²) in [5, 5.41) is 7.76. The third kappa shape index (κ3) is 5.22. The monoisotopic (exact) mass is 475 g/mol. The van der Waals surface area contributed by atoms with E-state index in [1.54, 1.807) is 41.8 Å². The lowest BCUT2D eigenvalue weighted by molar-refractivity contribution is -0.120. The number of hydrogen-bond donors (Lipinski definition) is 2. The Morgan fingerprint density at radius 3 is 2.34 bits per heavy atom. The number of thiophene rings is 1. The van der Waals surface area contributed by atoms with Crippen molar-refractivity contribution in [2.45, 2.75) is 55.2 Å². The highest BCUT2D eigenvalue weighted by molar-refractivity contribution is 7.91. The Bertz CT molecular complexity index is 1040. The summed E-state index contributed by atoms with van der Waals surface area (Å²) in [4.78, 5) is 25.7. The normalized spacial score (nSPS) is 18.9. The van der Waals surface area contributed by atoms with Gasteiger partial charge in [-0.25, -0.2) is 8.42 Å². The maximum atomic E-state index is 12.9. The average Bonchev–Trinajstić information content (AvgIpc) is 3.36. The van der Waals surface area contributed by atoms with Gasteiger partial charge < -0.3 is 10.6 Å². The van der Waals surface area contributed by atoms with Gasteiger partial charge in [-0.3, -0.25) is 9.59 Å². The largest absolute Gasteiger partial charge is 0.349 e. The van der Waals surface area contributed by atoms with E-state index in [1.165, 1.54) is 22.1 Å². The minimum Gasteiger partial charge on any atom is -0.349 e. The van der Waals surface area contributed by atoms with Crippen molar-refractivity contribution in [1.82, 2.24) is 9.62 Å². The van der Waals surface area contributed by atoms with Crippen LogP contribution in [-0.2, 0) is 14.8 Å². The number of carbonyl (C=O) groups is 2. The average molecular weight is 476 g/mol. The van der Waals surface area contributed by atoms with Crippen LogP contribution in [0.4, 0.5) is 5.69 Å².